The van der Waals surface area contributed by atoms with E-state index < -0.39 is 0 Å². The van der Waals surface area contributed by atoms with Gasteiger partial charge in [0.05, 0.1) is 6.20 Å². The molecule has 0 radical (unpaired) electrons. The predicted octanol–water partition coefficient (Wildman–Crippen LogP) is 2.50. The molecule has 0 aliphatic rings. The monoisotopic (exact) mass is 249 g/mol. The second-order valence-electron chi connectivity index (χ2n) is 3.39. The number of benzene rings is 1. The van der Waals surface area contributed by atoms with Gasteiger partial charge in [-0.25, -0.2) is 4.98 Å². The van der Waals surface area contributed by atoms with Crippen molar-refractivity contribution in [2.45, 2.75) is 0 Å². The molecule has 0 saturated heterocycles. The molecule has 0 unspecified atom stereocenters. The first kappa shape index (κ1) is 11.5. The maximum absolute atomic E-state index is 6.00. The summed E-state index contributed by atoms with van der Waals surface area (Å²) in [6, 6.07) is 7.35. The number of nitrogens with zero attached hydrogens (tertiary/aromatic N) is 2. The highest BCUT2D eigenvalue weighted by Crippen LogP contribution is 2.24. The van der Waals surface area contributed by atoms with Crippen molar-refractivity contribution in [2.75, 3.05) is 23.4 Å². The lowest BCUT2D eigenvalue weighted by molar-refractivity contribution is 1.15. The van der Waals surface area contributed by atoms with E-state index in [1.807, 2.05) is 18.2 Å². The maximum Gasteiger partial charge on any atom is 0.224 e. The highest BCUT2D eigenvalue weighted by atomic mass is 35.5. The highest BCUT2D eigenvalue weighted by Gasteiger charge is 2.04. The van der Waals surface area contributed by atoms with Crippen LogP contribution in [0.25, 0.3) is 0 Å². The molecule has 0 fully saturated rings. The van der Waals surface area contributed by atoms with Crippen LogP contribution < -0.4 is 16.4 Å². The van der Waals surface area contributed by atoms with Crippen LogP contribution >= 0.6 is 11.6 Å². The molecule has 6 heteroatoms. The van der Waals surface area contributed by atoms with Gasteiger partial charge in [-0.2, -0.15) is 4.98 Å². The van der Waals surface area contributed by atoms with Crippen molar-refractivity contribution in [1.82, 2.24) is 9.97 Å². The molecule has 0 bridgehead atoms. The number of nitrogens with one attached hydrogen (secondary N) is 2. The van der Waals surface area contributed by atoms with E-state index in [0.29, 0.717) is 22.5 Å². The molecule has 4 N–H and O–H groups in total. The van der Waals surface area contributed by atoms with Crippen LogP contribution in [0.4, 0.5) is 23.1 Å². The van der Waals surface area contributed by atoms with Crippen LogP contribution in [0.1, 0.15) is 0 Å². The Morgan fingerprint density at radius 1 is 1.35 bits per heavy atom. The molecule has 1 aromatic heterocycles. The van der Waals surface area contributed by atoms with Gasteiger partial charge >= 0.3 is 0 Å². The molecule has 0 spiro atoms. The first-order chi connectivity index (χ1) is 8.19. The number of hydrogen-bond acceptors (Lipinski definition) is 5. The van der Waals surface area contributed by atoms with Crippen LogP contribution in [0.15, 0.2) is 30.5 Å². The Balaban J connectivity index is 2.29. The molecule has 5 nitrogen and oxygen atoms in total. The van der Waals surface area contributed by atoms with Crippen molar-refractivity contribution in [3.8, 4) is 0 Å². The lowest BCUT2D eigenvalue weighted by atomic mass is 10.3. The minimum Gasteiger partial charge on any atom is -0.399 e. The first-order valence-electron chi connectivity index (χ1n) is 5.02. The van der Waals surface area contributed by atoms with Gasteiger partial charge in [0.15, 0.2) is 5.82 Å². The van der Waals surface area contributed by atoms with Crippen molar-refractivity contribution in [3.63, 3.8) is 0 Å². The van der Waals surface area contributed by atoms with Gasteiger partial charge in [-0.1, -0.05) is 17.7 Å². The Kier molecular flexibility index (Phi) is 3.30. The number of rotatable bonds is 3. The third-order valence-corrected chi connectivity index (χ3v) is 2.39. The van der Waals surface area contributed by atoms with Gasteiger partial charge in [0.2, 0.25) is 5.95 Å². The number of aromatic nitrogens is 2. The molecule has 0 aliphatic carbocycles. The van der Waals surface area contributed by atoms with E-state index in [1.165, 1.54) is 6.20 Å². The molecular formula is C11H12ClN5. The molecule has 2 aromatic rings. The zero-order chi connectivity index (χ0) is 12.3. The SMILES string of the molecule is CNc1ncc(Cl)c(Nc2cccc(N)c2)n1. The normalized spacial score (nSPS) is 10.0. The maximum atomic E-state index is 6.00. The lowest BCUT2D eigenvalue weighted by Gasteiger charge is -2.08. The average Bonchev–Trinajstić information content (AvgIpc) is 2.32. The van der Waals surface area contributed by atoms with Gasteiger partial charge in [0.1, 0.15) is 5.02 Å². The third-order valence-electron chi connectivity index (χ3n) is 2.12. The van der Waals surface area contributed by atoms with Crippen molar-refractivity contribution in [1.29, 1.82) is 0 Å². The number of halogens is 1. The molecule has 1 aromatic carbocycles. The van der Waals surface area contributed by atoms with Gasteiger partial charge in [0.25, 0.3) is 0 Å². The fraction of sp³-hybridized carbons (Fsp3) is 0.0909. The number of nitrogens with two attached hydrogens (primary N) is 1. The van der Waals surface area contributed by atoms with Crippen molar-refractivity contribution < 1.29 is 0 Å². The summed E-state index contributed by atoms with van der Waals surface area (Å²) in [5.74, 6) is 1.04. The molecular weight excluding hydrogens is 238 g/mol. The first-order valence-corrected chi connectivity index (χ1v) is 5.39. The second-order valence-corrected chi connectivity index (χ2v) is 3.80. The fourth-order valence-corrected chi connectivity index (χ4v) is 1.47. The molecule has 0 amide bonds. The summed E-state index contributed by atoms with van der Waals surface area (Å²) in [4.78, 5) is 8.21. The van der Waals surface area contributed by atoms with Crippen LogP contribution in [0, 0.1) is 0 Å². The molecule has 0 atom stereocenters. The fourth-order valence-electron chi connectivity index (χ4n) is 1.33. The second kappa shape index (κ2) is 4.88. The number of nitrogen functional groups attached to an aromatic ring is 1. The largest absolute Gasteiger partial charge is 0.399 e. The van der Waals surface area contributed by atoms with Crippen molar-refractivity contribution >= 4 is 34.7 Å². The summed E-state index contributed by atoms with van der Waals surface area (Å²) in [7, 11) is 1.74. The minimum absolute atomic E-state index is 0.450. The molecule has 1 heterocycles. The van der Waals surface area contributed by atoms with Gasteiger partial charge in [-0.05, 0) is 18.2 Å². The lowest BCUT2D eigenvalue weighted by Crippen LogP contribution is -2.01. The van der Waals surface area contributed by atoms with Gasteiger partial charge in [0, 0.05) is 18.4 Å². The third kappa shape index (κ3) is 2.76. The Labute approximate surface area is 104 Å². The zero-order valence-corrected chi connectivity index (χ0v) is 9.99. The highest BCUT2D eigenvalue weighted by molar-refractivity contribution is 6.32. The Hall–Kier alpha value is -2.01. The number of anilines is 4. The van der Waals surface area contributed by atoms with Crippen LogP contribution in [-0.4, -0.2) is 17.0 Å². The Bertz CT molecular complexity index is 529. The van der Waals surface area contributed by atoms with E-state index in [0.717, 1.165) is 5.69 Å². The Morgan fingerprint density at radius 2 is 2.18 bits per heavy atom. The summed E-state index contributed by atoms with van der Waals surface area (Å²) in [6.45, 7) is 0. The zero-order valence-electron chi connectivity index (χ0n) is 9.24. The Morgan fingerprint density at radius 3 is 2.88 bits per heavy atom. The summed E-state index contributed by atoms with van der Waals surface area (Å²) in [5.41, 5.74) is 7.19. The van der Waals surface area contributed by atoms with Crippen LogP contribution in [0.5, 0.6) is 0 Å². The molecule has 88 valence electrons. The van der Waals surface area contributed by atoms with Crippen LogP contribution in [-0.2, 0) is 0 Å². The summed E-state index contributed by atoms with van der Waals surface area (Å²) in [5, 5.41) is 6.38. The van der Waals surface area contributed by atoms with E-state index in [1.54, 1.807) is 13.1 Å². The van der Waals surface area contributed by atoms with Crippen LogP contribution in [0.3, 0.4) is 0 Å². The molecule has 17 heavy (non-hydrogen) atoms. The summed E-state index contributed by atoms with van der Waals surface area (Å²) < 4.78 is 0. The van der Waals surface area contributed by atoms with E-state index in [-0.39, 0.29) is 0 Å². The van der Waals surface area contributed by atoms with Crippen LogP contribution in [0.2, 0.25) is 5.02 Å². The average molecular weight is 250 g/mol. The van der Waals surface area contributed by atoms with E-state index in [4.69, 9.17) is 17.3 Å². The standard InChI is InChI=1S/C11H12ClN5/c1-14-11-15-6-9(12)10(17-11)16-8-4-2-3-7(13)5-8/h2-6H,13H2,1H3,(H2,14,15,16,17). The van der Waals surface area contributed by atoms with E-state index in [2.05, 4.69) is 20.6 Å². The van der Waals surface area contributed by atoms with E-state index in [9.17, 15) is 0 Å². The molecule has 2 rings (SSSR count). The predicted molar refractivity (Wildman–Crippen MR) is 70.7 cm³/mol. The molecule has 0 aliphatic heterocycles. The summed E-state index contributed by atoms with van der Waals surface area (Å²) >= 11 is 6.00. The minimum atomic E-state index is 0.450. The van der Waals surface area contributed by atoms with Gasteiger partial charge in [-0.3, -0.25) is 0 Å². The van der Waals surface area contributed by atoms with Crippen molar-refractivity contribution in [3.05, 3.63) is 35.5 Å². The summed E-state index contributed by atoms with van der Waals surface area (Å²) in [6.07, 6.45) is 1.54. The van der Waals surface area contributed by atoms with E-state index >= 15 is 0 Å². The van der Waals surface area contributed by atoms with Crippen molar-refractivity contribution in [2.24, 2.45) is 0 Å². The molecule has 0 saturated carbocycles. The number of hydrogen-bond donors (Lipinski definition) is 3. The quantitative estimate of drug-likeness (QED) is 0.729. The smallest absolute Gasteiger partial charge is 0.224 e. The van der Waals surface area contributed by atoms with Gasteiger partial charge < -0.3 is 16.4 Å². The topological polar surface area (TPSA) is 75.9 Å². The van der Waals surface area contributed by atoms with Gasteiger partial charge in [-0.15, -0.1) is 0 Å².